The second-order valence-electron chi connectivity index (χ2n) is 6.60. The molecule has 0 aliphatic carbocycles. The van der Waals surface area contributed by atoms with Gasteiger partial charge < -0.3 is 5.11 Å². The molecule has 2 atom stereocenters. The van der Waals surface area contributed by atoms with Gasteiger partial charge in [-0.05, 0) is 25.8 Å². The zero-order valence-corrected chi connectivity index (χ0v) is 14.2. The molecule has 0 radical (unpaired) electrons. The number of aliphatic hydroxyl groups is 1. The van der Waals surface area contributed by atoms with Gasteiger partial charge in [-0.25, -0.2) is 18.4 Å². The summed E-state index contributed by atoms with van der Waals surface area (Å²) < 4.78 is 29.3. The van der Waals surface area contributed by atoms with Gasteiger partial charge in [-0.15, -0.1) is 0 Å². The lowest BCUT2D eigenvalue weighted by Crippen LogP contribution is -2.53. The number of likely N-dealkylation sites (tertiary alicyclic amines) is 1. The van der Waals surface area contributed by atoms with E-state index in [1.54, 1.807) is 0 Å². The second-order valence-corrected chi connectivity index (χ2v) is 6.60. The van der Waals surface area contributed by atoms with E-state index in [-0.39, 0.29) is 12.1 Å². The number of halogens is 2. The van der Waals surface area contributed by atoms with Gasteiger partial charge >= 0.3 is 0 Å². The molecule has 1 fully saturated rings. The van der Waals surface area contributed by atoms with Crippen molar-refractivity contribution in [1.29, 1.82) is 0 Å². The Kier molecular flexibility index (Phi) is 4.96. The van der Waals surface area contributed by atoms with Crippen LogP contribution in [0.5, 0.6) is 0 Å². The predicted molar refractivity (Wildman–Crippen MR) is 89.7 cm³/mol. The number of nitrogens with zero attached hydrogens (tertiary/aromatic N) is 4. The van der Waals surface area contributed by atoms with E-state index in [2.05, 4.69) is 21.6 Å². The Morgan fingerprint density at radius 1 is 1.32 bits per heavy atom. The first-order valence-corrected chi connectivity index (χ1v) is 8.31. The minimum absolute atomic E-state index is 0.0220. The summed E-state index contributed by atoms with van der Waals surface area (Å²) in [5, 5.41) is 15.5. The quantitative estimate of drug-likeness (QED) is 0.844. The van der Waals surface area contributed by atoms with E-state index in [0.717, 1.165) is 38.1 Å². The van der Waals surface area contributed by atoms with Gasteiger partial charge in [-0.3, -0.25) is 4.90 Å². The molecule has 1 saturated heterocycles. The summed E-state index contributed by atoms with van der Waals surface area (Å²) in [6, 6.07) is 2.87. The van der Waals surface area contributed by atoms with Crippen molar-refractivity contribution in [2.24, 2.45) is 0 Å². The highest BCUT2D eigenvalue weighted by Gasteiger charge is 2.42. The monoisotopic (exact) mass is 348 g/mol. The number of hydrogen-bond donors (Lipinski definition) is 1. The van der Waals surface area contributed by atoms with Crippen LogP contribution < -0.4 is 0 Å². The Hall–Kier alpha value is -2.12. The molecule has 1 aliphatic heterocycles. The Morgan fingerprint density at radius 2 is 2.04 bits per heavy atom. The van der Waals surface area contributed by atoms with Gasteiger partial charge in [0.05, 0.1) is 6.54 Å². The summed E-state index contributed by atoms with van der Waals surface area (Å²) in [6.45, 7) is 7.35. The smallest absolute Gasteiger partial charge is 0.137 e. The van der Waals surface area contributed by atoms with Crippen molar-refractivity contribution < 1.29 is 13.9 Å². The Bertz CT molecular complexity index is 740. The van der Waals surface area contributed by atoms with Crippen molar-refractivity contribution in [3.8, 4) is 0 Å². The normalized spacial score (nSPS) is 19.6. The van der Waals surface area contributed by atoms with Crippen LogP contribution in [-0.4, -0.2) is 43.9 Å². The molecule has 1 aromatic heterocycles. The van der Waals surface area contributed by atoms with E-state index in [1.165, 1.54) is 29.0 Å². The Morgan fingerprint density at radius 3 is 2.64 bits per heavy atom. The molecule has 134 valence electrons. The first-order valence-electron chi connectivity index (χ1n) is 8.31. The molecule has 1 N–H and O–H groups in total. The first kappa shape index (κ1) is 17.7. The largest absolute Gasteiger partial charge is 0.381 e. The van der Waals surface area contributed by atoms with Crippen LogP contribution in [0.3, 0.4) is 0 Å². The van der Waals surface area contributed by atoms with Crippen molar-refractivity contribution in [2.45, 2.75) is 38.0 Å². The zero-order chi connectivity index (χ0) is 18.0. The highest BCUT2D eigenvalue weighted by atomic mass is 19.1. The van der Waals surface area contributed by atoms with Crippen LogP contribution in [0.15, 0.2) is 43.0 Å². The molecule has 0 saturated carbocycles. The number of hydrogen-bond acceptors (Lipinski definition) is 4. The van der Waals surface area contributed by atoms with Crippen LogP contribution in [0.1, 0.15) is 25.3 Å². The molecule has 1 unspecified atom stereocenters. The van der Waals surface area contributed by atoms with Gasteiger partial charge in [-0.1, -0.05) is 18.2 Å². The van der Waals surface area contributed by atoms with Crippen LogP contribution in [0.2, 0.25) is 0 Å². The summed E-state index contributed by atoms with van der Waals surface area (Å²) >= 11 is 0. The third-order valence-corrected chi connectivity index (χ3v) is 5.01. The maximum absolute atomic E-state index is 14.5. The second kappa shape index (κ2) is 7.01. The number of piperidine rings is 1. The third-order valence-electron chi connectivity index (χ3n) is 5.01. The average molecular weight is 348 g/mol. The van der Waals surface area contributed by atoms with E-state index < -0.39 is 23.3 Å². The molecule has 2 heterocycles. The van der Waals surface area contributed by atoms with Crippen molar-refractivity contribution >= 4 is 0 Å². The molecule has 7 heteroatoms. The molecule has 5 nitrogen and oxygen atoms in total. The predicted octanol–water partition coefficient (Wildman–Crippen LogP) is 2.48. The van der Waals surface area contributed by atoms with Crippen LogP contribution in [-0.2, 0) is 12.1 Å². The maximum Gasteiger partial charge on any atom is 0.137 e. The van der Waals surface area contributed by atoms with Crippen LogP contribution in [0, 0.1) is 11.6 Å². The first-order chi connectivity index (χ1) is 11.9. The Balaban J connectivity index is 1.97. The summed E-state index contributed by atoms with van der Waals surface area (Å²) in [5.41, 5.74) is -0.345. The van der Waals surface area contributed by atoms with Gasteiger partial charge in [0.25, 0.3) is 0 Å². The number of aromatic nitrogens is 3. The number of benzene rings is 1. The zero-order valence-electron chi connectivity index (χ0n) is 14.2. The van der Waals surface area contributed by atoms with Crippen molar-refractivity contribution in [1.82, 2.24) is 19.7 Å². The van der Waals surface area contributed by atoms with Gasteiger partial charge in [0.2, 0.25) is 0 Å². The van der Waals surface area contributed by atoms with Crippen molar-refractivity contribution in [2.75, 3.05) is 13.1 Å². The van der Waals surface area contributed by atoms with Gasteiger partial charge in [-0.2, -0.15) is 5.10 Å². The topological polar surface area (TPSA) is 54.2 Å². The molecule has 25 heavy (non-hydrogen) atoms. The van der Waals surface area contributed by atoms with Crippen LogP contribution >= 0.6 is 0 Å². The van der Waals surface area contributed by atoms with Crippen molar-refractivity contribution in [3.05, 3.63) is 60.2 Å². The van der Waals surface area contributed by atoms with E-state index in [9.17, 15) is 13.9 Å². The summed E-state index contributed by atoms with van der Waals surface area (Å²) in [6.07, 6.45) is 4.51. The van der Waals surface area contributed by atoms with Crippen LogP contribution in [0.4, 0.5) is 8.78 Å². The molecule has 0 spiro atoms. The lowest BCUT2D eigenvalue weighted by Gasteiger charge is -2.43. The number of rotatable bonds is 5. The maximum atomic E-state index is 14.5. The lowest BCUT2D eigenvalue weighted by atomic mass is 9.84. The fourth-order valence-electron chi connectivity index (χ4n) is 3.37. The minimum Gasteiger partial charge on any atom is -0.381 e. The molecule has 1 aliphatic rings. The van der Waals surface area contributed by atoms with Gasteiger partial charge in [0.15, 0.2) is 0 Å². The third kappa shape index (κ3) is 3.62. The fourth-order valence-corrected chi connectivity index (χ4v) is 3.37. The summed E-state index contributed by atoms with van der Waals surface area (Å²) in [5.74, 6) is -1.44. The van der Waals surface area contributed by atoms with E-state index in [4.69, 9.17) is 0 Å². The summed E-state index contributed by atoms with van der Waals surface area (Å²) in [4.78, 5) is 5.99. The minimum atomic E-state index is -1.58. The van der Waals surface area contributed by atoms with Gasteiger partial charge in [0.1, 0.15) is 29.9 Å². The average Bonchev–Trinajstić information content (AvgIpc) is 3.07. The standard InChI is InChI=1S/C18H22F2N4O/c1-13-5-7-23(8-6-13)14(2)18(25,10-24-12-21-11-22-24)16-4-3-15(19)9-17(16)20/h3-4,9,11-12,14,25H,1,5-8,10H2,2H3/t14?,18-/m1/s1. The molecule has 2 aromatic rings. The highest BCUT2D eigenvalue weighted by molar-refractivity contribution is 5.27. The van der Waals surface area contributed by atoms with E-state index in [1.807, 2.05) is 6.92 Å². The van der Waals surface area contributed by atoms with Crippen molar-refractivity contribution in [3.63, 3.8) is 0 Å². The molecule has 1 aromatic carbocycles. The molecule has 0 amide bonds. The van der Waals surface area contributed by atoms with E-state index in [0.29, 0.717) is 0 Å². The fraction of sp³-hybridized carbons (Fsp3) is 0.444. The lowest BCUT2D eigenvalue weighted by molar-refractivity contribution is -0.0657. The van der Waals surface area contributed by atoms with E-state index >= 15 is 0 Å². The SMILES string of the molecule is C=C1CCN(C(C)[C@](O)(Cn2cncn2)c2ccc(F)cc2F)CC1. The van der Waals surface area contributed by atoms with Gasteiger partial charge in [0, 0.05) is 30.8 Å². The summed E-state index contributed by atoms with van der Waals surface area (Å²) in [7, 11) is 0. The molecule has 3 rings (SSSR count). The molecule has 0 bridgehead atoms. The van der Waals surface area contributed by atoms with Crippen LogP contribution in [0.25, 0.3) is 0 Å². The molecular weight excluding hydrogens is 326 g/mol. The highest BCUT2D eigenvalue weighted by Crippen LogP contribution is 2.34. The Labute approximate surface area is 145 Å². The molecular formula is C18H22F2N4O.